The Bertz CT molecular complexity index is 568. The summed E-state index contributed by atoms with van der Waals surface area (Å²) in [6.07, 6.45) is 1.70. The van der Waals surface area contributed by atoms with Gasteiger partial charge in [-0.05, 0) is 55.2 Å². The number of carbonyl (C=O) groups is 1. The molecule has 0 aromatic heterocycles. The highest BCUT2D eigenvalue weighted by Crippen LogP contribution is 2.31. The quantitative estimate of drug-likeness (QED) is 0.653. The van der Waals surface area contributed by atoms with Gasteiger partial charge in [-0.25, -0.2) is 0 Å². The average molecular weight is 342 g/mol. The maximum absolute atomic E-state index is 12.3. The van der Waals surface area contributed by atoms with E-state index in [0.29, 0.717) is 15.7 Å². The Hall–Kier alpha value is -1.47. The van der Waals surface area contributed by atoms with Crippen LogP contribution in [0.4, 0.5) is 11.4 Å². The van der Waals surface area contributed by atoms with Crippen LogP contribution < -0.4 is 10.6 Å². The number of nitrogens with one attached hydrogen (secondary N) is 2. The van der Waals surface area contributed by atoms with Crippen LogP contribution in [-0.2, 0) is 4.79 Å². The van der Waals surface area contributed by atoms with Gasteiger partial charge in [-0.2, -0.15) is 0 Å². The summed E-state index contributed by atoms with van der Waals surface area (Å²) in [4.78, 5) is 22.8. The van der Waals surface area contributed by atoms with Crippen LogP contribution in [0.25, 0.3) is 0 Å². The number of nitrogens with zero attached hydrogens (tertiary/aromatic N) is 1. The molecule has 1 aliphatic heterocycles. The molecule has 7 heteroatoms. The zero-order valence-electron chi connectivity index (χ0n) is 11.3. The molecule has 1 unspecified atom stereocenters. The lowest BCUT2D eigenvalue weighted by molar-refractivity contribution is -0.385. The molecule has 2 rings (SSSR count). The van der Waals surface area contributed by atoms with Gasteiger partial charge in [0.15, 0.2) is 0 Å². The molecule has 20 heavy (non-hydrogen) atoms. The smallest absolute Gasteiger partial charge is 0.274 e. The van der Waals surface area contributed by atoms with Gasteiger partial charge < -0.3 is 10.6 Å². The van der Waals surface area contributed by atoms with Crippen LogP contribution in [-0.4, -0.2) is 22.9 Å². The van der Waals surface area contributed by atoms with Crippen LogP contribution in [0.2, 0.25) is 0 Å². The van der Waals surface area contributed by atoms with E-state index in [-0.39, 0.29) is 11.6 Å². The third-order valence-electron chi connectivity index (χ3n) is 3.60. The molecule has 1 heterocycles. The van der Waals surface area contributed by atoms with Gasteiger partial charge in [0, 0.05) is 16.1 Å². The molecule has 1 aliphatic rings. The van der Waals surface area contributed by atoms with Crippen molar-refractivity contribution in [2.75, 3.05) is 11.9 Å². The minimum absolute atomic E-state index is 0.00645. The lowest BCUT2D eigenvalue weighted by Crippen LogP contribution is -2.48. The van der Waals surface area contributed by atoms with Crippen LogP contribution in [0.1, 0.15) is 25.3 Å². The summed E-state index contributed by atoms with van der Waals surface area (Å²) in [5.41, 5.74) is 0.347. The summed E-state index contributed by atoms with van der Waals surface area (Å²) in [6.45, 7) is 4.30. The average Bonchev–Trinajstić information content (AvgIpc) is 2.80. The number of carbonyl (C=O) groups excluding carboxylic acids is 1. The van der Waals surface area contributed by atoms with E-state index in [4.69, 9.17) is 0 Å². The van der Waals surface area contributed by atoms with Gasteiger partial charge >= 0.3 is 0 Å². The number of benzene rings is 1. The first-order valence-corrected chi connectivity index (χ1v) is 7.14. The molecular weight excluding hydrogens is 326 g/mol. The van der Waals surface area contributed by atoms with Crippen molar-refractivity contribution in [3.8, 4) is 0 Å². The monoisotopic (exact) mass is 341 g/mol. The summed E-state index contributed by atoms with van der Waals surface area (Å²) in [6, 6.07) is 3.02. The number of aryl methyl sites for hydroxylation is 1. The first kappa shape index (κ1) is 14.9. The van der Waals surface area contributed by atoms with Crippen LogP contribution in [0.3, 0.4) is 0 Å². The van der Waals surface area contributed by atoms with Crippen LogP contribution in [0.5, 0.6) is 0 Å². The largest absolute Gasteiger partial charge is 0.323 e. The number of halogens is 1. The van der Waals surface area contributed by atoms with Crippen molar-refractivity contribution in [2.24, 2.45) is 0 Å². The van der Waals surface area contributed by atoms with Gasteiger partial charge in [0.05, 0.1) is 16.1 Å². The fourth-order valence-corrected chi connectivity index (χ4v) is 2.86. The molecule has 0 radical (unpaired) electrons. The summed E-state index contributed by atoms with van der Waals surface area (Å²) >= 11 is 3.33. The van der Waals surface area contributed by atoms with E-state index in [1.165, 1.54) is 6.07 Å². The summed E-state index contributed by atoms with van der Waals surface area (Å²) in [5, 5.41) is 16.9. The van der Waals surface area contributed by atoms with Crippen LogP contribution >= 0.6 is 15.9 Å². The first-order chi connectivity index (χ1) is 9.33. The van der Waals surface area contributed by atoms with Crippen LogP contribution in [0, 0.1) is 17.0 Å². The lowest BCUT2D eigenvalue weighted by atomic mass is 9.99. The van der Waals surface area contributed by atoms with E-state index < -0.39 is 10.5 Å². The molecule has 1 aromatic carbocycles. The fraction of sp³-hybridized carbons (Fsp3) is 0.462. The Kier molecular flexibility index (Phi) is 4.10. The second-order valence-corrected chi connectivity index (χ2v) is 6.05. The highest BCUT2D eigenvalue weighted by Gasteiger charge is 2.36. The normalized spacial score (nSPS) is 21.8. The Labute approximate surface area is 125 Å². The minimum atomic E-state index is -0.612. The van der Waals surface area contributed by atoms with Crippen molar-refractivity contribution in [2.45, 2.75) is 32.2 Å². The Morgan fingerprint density at radius 3 is 2.80 bits per heavy atom. The molecule has 0 spiro atoms. The topological polar surface area (TPSA) is 84.3 Å². The van der Waals surface area contributed by atoms with Gasteiger partial charge in [-0.3, -0.25) is 14.9 Å². The van der Waals surface area contributed by atoms with E-state index in [1.54, 1.807) is 13.0 Å². The molecule has 1 atom stereocenters. The van der Waals surface area contributed by atoms with Gasteiger partial charge in [0.2, 0.25) is 5.91 Å². The number of nitro benzene ring substituents is 1. The molecule has 6 nitrogen and oxygen atoms in total. The van der Waals surface area contributed by atoms with Crippen molar-refractivity contribution < 1.29 is 9.72 Å². The molecular formula is C13H16BrN3O3. The van der Waals surface area contributed by atoms with E-state index in [1.807, 2.05) is 6.92 Å². The number of anilines is 1. The van der Waals surface area contributed by atoms with Gasteiger partial charge in [0.1, 0.15) is 0 Å². The maximum Gasteiger partial charge on any atom is 0.274 e. The van der Waals surface area contributed by atoms with Crippen LogP contribution in [0.15, 0.2) is 16.6 Å². The molecule has 0 saturated carbocycles. The van der Waals surface area contributed by atoms with Crippen molar-refractivity contribution in [3.05, 3.63) is 32.3 Å². The van der Waals surface area contributed by atoms with Crippen molar-refractivity contribution >= 4 is 33.2 Å². The van der Waals surface area contributed by atoms with Crippen molar-refractivity contribution in [1.29, 1.82) is 0 Å². The summed E-state index contributed by atoms with van der Waals surface area (Å²) in [7, 11) is 0. The zero-order valence-corrected chi connectivity index (χ0v) is 12.9. The Morgan fingerprint density at radius 1 is 1.55 bits per heavy atom. The highest BCUT2D eigenvalue weighted by atomic mass is 79.9. The number of hydrogen-bond donors (Lipinski definition) is 2. The fourth-order valence-electron chi connectivity index (χ4n) is 2.30. The van der Waals surface area contributed by atoms with Gasteiger partial charge in [0.25, 0.3) is 5.69 Å². The molecule has 0 bridgehead atoms. The maximum atomic E-state index is 12.3. The number of nitro groups is 1. The summed E-state index contributed by atoms with van der Waals surface area (Å²) in [5.74, 6) is -0.172. The third-order valence-corrected chi connectivity index (χ3v) is 4.26. The second-order valence-electron chi connectivity index (χ2n) is 5.19. The van der Waals surface area contributed by atoms with E-state index in [0.717, 1.165) is 19.4 Å². The lowest BCUT2D eigenvalue weighted by Gasteiger charge is -2.23. The molecule has 1 fully saturated rings. The standard InChI is InChI=1S/C13H16BrN3O3/c1-8-6-9(14)10(7-11(8)17(19)20)16-12(18)13(2)4-3-5-15-13/h6-7,15H,3-5H2,1-2H3,(H,16,18). The predicted molar refractivity (Wildman–Crippen MR) is 79.8 cm³/mol. The molecule has 108 valence electrons. The number of hydrogen-bond acceptors (Lipinski definition) is 4. The number of rotatable bonds is 3. The molecule has 1 saturated heterocycles. The van der Waals surface area contributed by atoms with Crippen molar-refractivity contribution in [1.82, 2.24) is 5.32 Å². The predicted octanol–water partition coefficient (Wildman–Crippen LogP) is 2.75. The third kappa shape index (κ3) is 2.83. The molecule has 2 N–H and O–H groups in total. The Morgan fingerprint density at radius 2 is 2.25 bits per heavy atom. The van der Waals surface area contributed by atoms with Gasteiger partial charge in [-0.15, -0.1) is 0 Å². The van der Waals surface area contributed by atoms with E-state index in [9.17, 15) is 14.9 Å². The second kappa shape index (κ2) is 5.49. The summed E-state index contributed by atoms with van der Waals surface area (Å²) < 4.78 is 0.635. The minimum Gasteiger partial charge on any atom is -0.323 e. The highest BCUT2D eigenvalue weighted by molar-refractivity contribution is 9.10. The first-order valence-electron chi connectivity index (χ1n) is 6.34. The Balaban J connectivity index is 2.27. The molecule has 0 aliphatic carbocycles. The zero-order chi connectivity index (χ0) is 14.9. The van der Waals surface area contributed by atoms with Gasteiger partial charge in [-0.1, -0.05) is 0 Å². The number of amides is 1. The van der Waals surface area contributed by atoms with Crippen molar-refractivity contribution in [3.63, 3.8) is 0 Å². The molecule has 1 aromatic rings. The SMILES string of the molecule is Cc1cc(Br)c(NC(=O)C2(C)CCCN2)cc1[N+](=O)[O-]. The van der Waals surface area contributed by atoms with E-state index in [2.05, 4.69) is 26.6 Å². The van der Waals surface area contributed by atoms with E-state index >= 15 is 0 Å². The molecule has 1 amide bonds.